The molecule has 31 heavy (non-hydrogen) atoms. The van der Waals surface area contributed by atoms with Gasteiger partial charge in [-0.2, -0.15) is 0 Å². The molecule has 1 aliphatic carbocycles. The second-order valence-electron chi connectivity index (χ2n) is 8.99. The Morgan fingerprint density at radius 3 is 2.26 bits per heavy atom. The molecule has 2 nitrogen and oxygen atoms in total. The third-order valence-electron chi connectivity index (χ3n) is 6.59. The highest BCUT2D eigenvalue weighted by molar-refractivity contribution is 5.94. The summed E-state index contributed by atoms with van der Waals surface area (Å²) >= 11 is 0. The number of unbranched alkanes of at least 4 members (excludes halogenated alkanes) is 5. The Morgan fingerprint density at radius 2 is 1.61 bits per heavy atom. The molecule has 0 radical (unpaired) electrons. The molecule has 168 valence electrons. The summed E-state index contributed by atoms with van der Waals surface area (Å²) in [5, 5.41) is 0. The minimum absolute atomic E-state index is 0.0222. The van der Waals surface area contributed by atoms with Gasteiger partial charge >= 0.3 is 0 Å². The smallest absolute Gasteiger partial charge is 0.159 e. The first kappa shape index (κ1) is 23.7. The van der Waals surface area contributed by atoms with Gasteiger partial charge in [-0.05, 0) is 62.1 Å². The second-order valence-corrected chi connectivity index (χ2v) is 8.99. The Bertz CT molecular complexity index is 819. The first-order chi connectivity index (χ1) is 15.1. The van der Waals surface area contributed by atoms with Crippen LogP contribution in [0.15, 0.2) is 42.5 Å². The summed E-state index contributed by atoms with van der Waals surface area (Å²) in [7, 11) is 0. The maximum Gasteiger partial charge on any atom is 0.159 e. The summed E-state index contributed by atoms with van der Waals surface area (Å²) in [4.78, 5) is 11.4. The van der Waals surface area contributed by atoms with Crippen molar-refractivity contribution < 1.29 is 13.9 Å². The van der Waals surface area contributed by atoms with Crippen molar-refractivity contribution >= 4 is 5.78 Å². The fraction of sp³-hybridized carbons (Fsp3) is 0.536. The van der Waals surface area contributed by atoms with E-state index >= 15 is 0 Å². The maximum atomic E-state index is 14.9. The van der Waals surface area contributed by atoms with Crippen LogP contribution in [0.2, 0.25) is 0 Å². The van der Waals surface area contributed by atoms with Crippen molar-refractivity contribution in [3.05, 3.63) is 59.4 Å². The molecule has 2 aromatic carbocycles. The number of Topliss-reactive ketones (excluding diaryl/α,β-unsaturated/α-hetero) is 1. The number of halogens is 1. The lowest BCUT2D eigenvalue weighted by Crippen LogP contribution is -2.21. The average Bonchev–Trinajstić information content (AvgIpc) is 2.79. The largest absolute Gasteiger partial charge is 0.378 e. The molecule has 2 aromatic rings. The van der Waals surface area contributed by atoms with Gasteiger partial charge in [-0.25, -0.2) is 4.39 Å². The van der Waals surface area contributed by atoms with Crippen LogP contribution in [0.4, 0.5) is 4.39 Å². The lowest BCUT2D eigenvalue weighted by atomic mass is 9.82. The normalized spacial score (nSPS) is 18.8. The van der Waals surface area contributed by atoms with Gasteiger partial charge < -0.3 is 4.74 Å². The van der Waals surface area contributed by atoms with Crippen LogP contribution in [0, 0.1) is 5.82 Å². The third-order valence-corrected chi connectivity index (χ3v) is 6.59. The third kappa shape index (κ3) is 7.00. The van der Waals surface area contributed by atoms with Crippen molar-refractivity contribution in [1.82, 2.24) is 0 Å². The van der Waals surface area contributed by atoms with Crippen LogP contribution in [-0.4, -0.2) is 18.5 Å². The number of carbonyl (C=O) groups excluding carboxylic acids is 1. The molecule has 0 unspecified atom stereocenters. The molecule has 0 spiro atoms. The highest BCUT2D eigenvalue weighted by Gasteiger charge is 2.23. The number of hydrogen-bond donors (Lipinski definition) is 0. The molecular weight excluding hydrogens is 387 g/mol. The van der Waals surface area contributed by atoms with Gasteiger partial charge in [-0.1, -0.05) is 75.4 Å². The Kier molecular flexibility index (Phi) is 9.27. The zero-order valence-electron chi connectivity index (χ0n) is 19.2. The van der Waals surface area contributed by atoms with E-state index in [4.69, 9.17) is 4.74 Å². The van der Waals surface area contributed by atoms with E-state index < -0.39 is 0 Å². The molecule has 1 fully saturated rings. The summed E-state index contributed by atoms with van der Waals surface area (Å²) in [6.45, 7) is 4.67. The first-order valence-electron chi connectivity index (χ1n) is 12.1. The Hall–Kier alpha value is -2.00. The van der Waals surface area contributed by atoms with Gasteiger partial charge in [0.25, 0.3) is 0 Å². The van der Waals surface area contributed by atoms with Crippen LogP contribution >= 0.6 is 0 Å². The number of benzene rings is 2. The van der Waals surface area contributed by atoms with Crippen LogP contribution < -0.4 is 0 Å². The molecule has 0 amide bonds. The zero-order chi connectivity index (χ0) is 22.1. The van der Waals surface area contributed by atoms with E-state index in [1.54, 1.807) is 25.1 Å². The van der Waals surface area contributed by atoms with Gasteiger partial charge in [-0.3, -0.25) is 4.79 Å². The number of ketones is 1. The molecule has 1 saturated carbocycles. The summed E-state index contributed by atoms with van der Waals surface area (Å²) in [6, 6.07) is 12.8. The van der Waals surface area contributed by atoms with E-state index in [0.29, 0.717) is 23.1 Å². The van der Waals surface area contributed by atoms with Crippen molar-refractivity contribution in [2.75, 3.05) is 6.61 Å². The van der Waals surface area contributed by atoms with Crippen molar-refractivity contribution in [3.63, 3.8) is 0 Å². The summed E-state index contributed by atoms with van der Waals surface area (Å²) < 4.78 is 21.0. The van der Waals surface area contributed by atoms with E-state index in [1.165, 1.54) is 38.5 Å². The second kappa shape index (κ2) is 12.1. The molecule has 0 heterocycles. The Morgan fingerprint density at radius 1 is 0.935 bits per heavy atom. The summed E-state index contributed by atoms with van der Waals surface area (Å²) in [6.07, 6.45) is 12.4. The van der Waals surface area contributed by atoms with Crippen LogP contribution in [0.1, 0.15) is 99.9 Å². The van der Waals surface area contributed by atoms with Gasteiger partial charge in [0.1, 0.15) is 5.82 Å². The molecule has 0 saturated heterocycles. The van der Waals surface area contributed by atoms with Gasteiger partial charge in [0, 0.05) is 17.7 Å². The minimum Gasteiger partial charge on any atom is -0.378 e. The molecule has 1 aliphatic rings. The van der Waals surface area contributed by atoms with E-state index in [9.17, 15) is 9.18 Å². The number of carbonyl (C=O) groups is 1. The van der Waals surface area contributed by atoms with Gasteiger partial charge in [-0.15, -0.1) is 0 Å². The summed E-state index contributed by atoms with van der Waals surface area (Å²) in [5.74, 6) is 0.251. The molecule has 0 aromatic heterocycles. The highest BCUT2D eigenvalue weighted by Crippen LogP contribution is 2.36. The van der Waals surface area contributed by atoms with Crippen LogP contribution in [0.5, 0.6) is 0 Å². The van der Waals surface area contributed by atoms with Gasteiger partial charge in [0.05, 0.1) is 6.10 Å². The topological polar surface area (TPSA) is 26.3 Å². The van der Waals surface area contributed by atoms with Crippen LogP contribution in [0.3, 0.4) is 0 Å². The maximum absolute atomic E-state index is 14.9. The van der Waals surface area contributed by atoms with Crippen molar-refractivity contribution in [2.45, 2.75) is 90.1 Å². The predicted octanol–water partition coefficient (Wildman–Crippen LogP) is 8.10. The van der Waals surface area contributed by atoms with Crippen molar-refractivity contribution in [1.29, 1.82) is 0 Å². The molecule has 0 N–H and O–H groups in total. The fourth-order valence-electron chi connectivity index (χ4n) is 4.60. The van der Waals surface area contributed by atoms with Crippen molar-refractivity contribution in [3.8, 4) is 11.1 Å². The zero-order valence-corrected chi connectivity index (χ0v) is 19.2. The molecule has 0 bridgehead atoms. The lowest BCUT2D eigenvalue weighted by Gasteiger charge is -2.29. The quantitative estimate of drug-likeness (QED) is 0.269. The fourth-order valence-corrected chi connectivity index (χ4v) is 4.60. The standard InChI is InChI=1S/C28H37FO2/c1-3-4-5-6-7-8-19-31-26-16-13-23(14-17-26)25-15-18-27(28(29)20-25)24-11-9-22(10-12-24)21(2)30/h9-12,15,18,20,23,26H,3-8,13-14,16-17,19H2,1-2H3/t23-,26-. The molecule has 3 heteroatoms. The highest BCUT2D eigenvalue weighted by atomic mass is 19.1. The van der Waals surface area contributed by atoms with Crippen LogP contribution in [0.25, 0.3) is 11.1 Å². The summed E-state index contributed by atoms with van der Waals surface area (Å²) in [5.41, 5.74) is 3.14. The van der Waals surface area contributed by atoms with Gasteiger partial charge in [0.15, 0.2) is 5.78 Å². The van der Waals surface area contributed by atoms with Crippen molar-refractivity contribution in [2.24, 2.45) is 0 Å². The molecule has 0 aliphatic heterocycles. The molecule has 0 atom stereocenters. The SMILES string of the molecule is CCCCCCCCO[C@H]1CC[C@H](c2ccc(-c3ccc(C(C)=O)cc3)c(F)c2)CC1. The van der Waals surface area contributed by atoms with Gasteiger partial charge in [0.2, 0.25) is 0 Å². The van der Waals surface area contributed by atoms with Crippen LogP contribution in [-0.2, 0) is 4.74 Å². The van der Waals surface area contributed by atoms with E-state index in [-0.39, 0.29) is 11.6 Å². The molecule has 3 rings (SSSR count). The van der Waals surface area contributed by atoms with E-state index in [0.717, 1.165) is 43.4 Å². The minimum atomic E-state index is -0.186. The average molecular weight is 425 g/mol. The van der Waals surface area contributed by atoms with E-state index in [2.05, 4.69) is 13.0 Å². The monoisotopic (exact) mass is 424 g/mol. The predicted molar refractivity (Wildman–Crippen MR) is 126 cm³/mol. The Balaban J connectivity index is 1.46. The first-order valence-corrected chi connectivity index (χ1v) is 12.1. The lowest BCUT2D eigenvalue weighted by molar-refractivity contribution is 0.0226. The number of rotatable bonds is 11. The number of ether oxygens (including phenoxy) is 1. The molecular formula is C28H37FO2. The number of hydrogen-bond acceptors (Lipinski definition) is 2. The van der Waals surface area contributed by atoms with E-state index in [1.807, 2.05) is 18.2 Å². The Labute approximate surface area is 187 Å².